The Labute approximate surface area is 91.3 Å². The third kappa shape index (κ3) is 2.91. The molecule has 0 amide bonds. The van der Waals surface area contributed by atoms with Gasteiger partial charge in [0, 0.05) is 6.42 Å². The molecule has 0 radical (unpaired) electrons. The Morgan fingerprint density at radius 1 is 1.00 bits per heavy atom. The van der Waals surface area contributed by atoms with Gasteiger partial charge in [0.05, 0.1) is 11.1 Å². The standard InChI is InChI=1S/C11H10O5/c1-6(12)2-7-3-8(10(13)14)5-9(4-7)11(15)16/h3-5H,2H2,1H3,(H,13,14)(H,15,16). The average Bonchev–Trinajstić information content (AvgIpc) is 2.15. The fourth-order valence-corrected chi connectivity index (χ4v) is 1.33. The van der Waals surface area contributed by atoms with Crippen LogP contribution in [0.25, 0.3) is 0 Å². The van der Waals surface area contributed by atoms with Crippen LogP contribution in [0.3, 0.4) is 0 Å². The lowest BCUT2D eigenvalue weighted by Crippen LogP contribution is -2.06. The van der Waals surface area contributed by atoms with Crippen LogP contribution in [-0.4, -0.2) is 27.9 Å². The summed E-state index contributed by atoms with van der Waals surface area (Å²) in [7, 11) is 0. The number of hydrogen-bond acceptors (Lipinski definition) is 3. The molecule has 84 valence electrons. The van der Waals surface area contributed by atoms with Crippen molar-refractivity contribution in [3.8, 4) is 0 Å². The van der Waals surface area contributed by atoms with Crippen molar-refractivity contribution >= 4 is 17.7 Å². The zero-order valence-corrected chi connectivity index (χ0v) is 8.56. The second-order valence-corrected chi connectivity index (χ2v) is 3.41. The van der Waals surface area contributed by atoms with Gasteiger partial charge in [0.1, 0.15) is 5.78 Å². The first-order chi connectivity index (χ1) is 7.40. The topological polar surface area (TPSA) is 91.7 Å². The summed E-state index contributed by atoms with van der Waals surface area (Å²) in [6.45, 7) is 1.36. The van der Waals surface area contributed by atoms with Crippen molar-refractivity contribution in [1.29, 1.82) is 0 Å². The highest BCUT2D eigenvalue weighted by Gasteiger charge is 2.11. The van der Waals surface area contributed by atoms with Gasteiger partial charge in [-0.05, 0) is 30.7 Å². The van der Waals surface area contributed by atoms with Gasteiger partial charge in [-0.3, -0.25) is 4.79 Å². The number of carbonyl (C=O) groups excluding carboxylic acids is 1. The third-order valence-electron chi connectivity index (χ3n) is 1.94. The Morgan fingerprint density at radius 2 is 1.44 bits per heavy atom. The van der Waals surface area contributed by atoms with Gasteiger partial charge in [0.25, 0.3) is 0 Å². The summed E-state index contributed by atoms with van der Waals surface area (Å²) in [5.74, 6) is -2.58. The van der Waals surface area contributed by atoms with Gasteiger partial charge in [-0.2, -0.15) is 0 Å². The highest BCUT2D eigenvalue weighted by atomic mass is 16.4. The molecule has 0 fully saturated rings. The second kappa shape index (κ2) is 4.57. The van der Waals surface area contributed by atoms with E-state index in [1.165, 1.54) is 19.1 Å². The normalized spacial score (nSPS) is 9.81. The molecule has 16 heavy (non-hydrogen) atoms. The van der Waals surface area contributed by atoms with Gasteiger partial charge < -0.3 is 10.2 Å². The van der Waals surface area contributed by atoms with Crippen LogP contribution in [0.1, 0.15) is 33.2 Å². The lowest BCUT2D eigenvalue weighted by molar-refractivity contribution is -0.116. The monoisotopic (exact) mass is 222 g/mol. The van der Waals surface area contributed by atoms with Crippen LogP contribution in [-0.2, 0) is 11.2 Å². The fraction of sp³-hybridized carbons (Fsp3) is 0.182. The van der Waals surface area contributed by atoms with Gasteiger partial charge in [0.15, 0.2) is 0 Å². The molecule has 0 aliphatic rings. The SMILES string of the molecule is CC(=O)Cc1cc(C(=O)O)cc(C(=O)O)c1. The Kier molecular flexibility index (Phi) is 3.40. The third-order valence-corrected chi connectivity index (χ3v) is 1.94. The Hall–Kier alpha value is -2.17. The molecule has 1 rings (SSSR count). The predicted octanol–water partition coefficient (Wildman–Crippen LogP) is 1.21. The summed E-state index contributed by atoms with van der Waals surface area (Å²) < 4.78 is 0. The summed E-state index contributed by atoms with van der Waals surface area (Å²) >= 11 is 0. The van der Waals surface area contributed by atoms with Crippen LogP contribution in [0, 0.1) is 0 Å². The number of aromatic carboxylic acids is 2. The molecule has 0 heterocycles. The predicted molar refractivity (Wildman–Crippen MR) is 54.7 cm³/mol. The van der Waals surface area contributed by atoms with Crippen molar-refractivity contribution in [2.45, 2.75) is 13.3 Å². The quantitative estimate of drug-likeness (QED) is 0.798. The van der Waals surface area contributed by atoms with Gasteiger partial charge in [-0.25, -0.2) is 9.59 Å². The van der Waals surface area contributed by atoms with E-state index in [2.05, 4.69) is 0 Å². The average molecular weight is 222 g/mol. The summed E-state index contributed by atoms with van der Waals surface area (Å²) in [6.07, 6.45) is 0.0292. The first-order valence-electron chi connectivity index (χ1n) is 4.50. The molecule has 0 spiro atoms. The summed E-state index contributed by atoms with van der Waals surface area (Å²) in [5.41, 5.74) is 0.136. The van der Waals surface area contributed by atoms with E-state index < -0.39 is 11.9 Å². The maximum atomic E-state index is 10.9. The van der Waals surface area contributed by atoms with E-state index in [0.29, 0.717) is 5.56 Å². The number of carbonyl (C=O) groups is 3. The molecule has 0 saturated heterocycles. The molecule has 1 aromatic rings. The first kappa shape index (κ1) is 11.9. The molecule has 5 heteroatoms. The van der Waals surface area contributed by atoms with Gasteiger partial charge >= 0.3 is 11.9 Å². The number of carboxylic acid groups (broad SMARTS) is 2. The Morgan fingerprint density at radius 3 is 1.75 bits per heavy atom. The minimum atomic E-state index is -1.21. The highest BCUT2D eigenvalue weighted by Crippen LogP contribution is 2.12. The molecule has 5 nitrogen and oxygen atoms in total. The molecule has 0 saturated carbocycles. The van der Waals surface area contributed by atoms with Crippen molar-refractivity contribution in [3.63, 3.8) is 0 Å². The fourth-order valence-electron chi connectivity index (χ4n) is 1.33. The Balaban J connectivity index is 3.23. The van der Waals surface area contributed by atoms with Crippen molar-refractivity contribution < 1.29 is 24.6 Å². The smallest absolute Gasteiger partial charge is 0.335 e. The van der Waals surface area contributed by atoms with Crippen LogP contribution in [0.5, 0.6) is 0 Å². The largest absolute Gasteiger partial charge is 0.478 e. The van der Waals surface area contributed by atoms with E-state index in [1.807, 2.05) is 0 Å². The highest BCUT2D eigenvalue weighted by molar-refractivity contribution is 5.94. The van der Waals surface area contributed by atoms with Crippen molar-refractivity contribution in [2.75, 3.05) is 0 Å². The van der Waals surface area contributed by atoms with E-state index in [-0.39, 0.29) is 23.3 Å². The molecule has 2 N–H and O–H groups in total. The minimum Gasteiger partial charge on any atom is -0.478 e. The van der Waals surface area contributed by atoms with Gasteiger partial charge in [-0.15, -0.1) is 0 Å². The van der Waals surface area contributed by atoms with E-state index >= 15 is 0 Å². The number of carboxylic acids is 2. The Bertz CT molecular complexity index is 429. The second-order valence-electron chi connectivity index (χ2n) is 3.41. The maximum absolute atomic E-state index is 10.9. The van der Waals surface area contributed by atoms with Crippen molar-refractivity contribution in [2.24, 2.45) is 0 Å². The van der Waals surface area contributed by atoms with E-state index in [9.17, 15) is 14.4 Å². The zero-order chi connectivity index (χ0) is 12.3. The minimum absolute atomic E-state index is 0.0292. The van der Waals surface area contributed by atoms with Crippen molar-refractivity contribution in [1.82, 2.24) is 0 Å². The molecule has 0 aliphatic carbocycles. The van der Waals surface area contributed by atoms with Crippen LogP contribution in [0.4, 0.5) is 0 Å². The van der Waals surface area contributed by atoms with Gasteiger partial charge in [-0.1, -0.05) is 0 Å². The van der Waals surface area contributed by atoms with E-state index in [1.54, 1.807) is 0 Å². The number of benzene rings is 1. The summed E-state index contributed by atoms with van der Waals surface area (Å²) in [4.78, 5) is 32.4. The number of ketones is 1. The lowest BCUT2D eigenvalue weighted by atomic mass is 10.0. The number of Topliss-reactive ketones (excluding diaryl/α,β-unsaturated/α-hetero) is 1. The maximum Gasteiger partial charge on any atom is 0.335 e. The first-order valence-corrected chi connectivity index (χ1v) is 4.50. The molecule has 0 aromatic heterocycles. The summed E-state index contributed by atoms with van der Waals surface area (Å²) in [5, 5.41) is 17.5. The van der Waals surface area contributed by atoms with Gasteiger partial charge in [0.2, 0.25) is 0 Å². The van der Waals surface area contributed by atoms with E-state index in [4.69, 9.17) is 10.2 Å². The number of rotatable bonds is 4. The summed E-state index contributed by atoms with van der Waals surface area (Å²) in [6, 6.07) is 3.67. The van der Waals surface area contributed by atoms with Crippen LogP contribution in [0.15, 0.2) is 18.2 Å². The molecule has 1 aromatic carbocycles. The zero-order valence-electron chi connectivity index (χ0n) is 8.56. The van der Waals surface area contributed by atoms with Crippen LogP contribution >= 0.6 is 0 Å². The molecule has 0 atom stereocenters. The molecular weight excluding hydrogens is 212 g/mol. The van der Waals surface area contributed by atoms with E-state index in [0.717, 1.165) is 6.07 Å². The van der Waals surface area contributed by atoms with Crippen molar-refractivity contribution in [3.05, 3.63) is 34.9 Å². The number of hydrogen-bond donors (Lipinski definition) is 2. The van der Waals surface area contributed by atoms with Crippen LogP contribution < -0.4 is 0 Å². The molecule has 0 bridgehead atoms. The molecular formula is C11H10O5. The lowest BCUT2D eigenvalue weighted by Gasteiger charge is -2.03. The van der Waals surface area contributed by atoms with Crippen LogP contribution in [0.2, 0.25) is 0 Å². The molecule has 0 unspecified atom stereocenters. The molecule has 0 aliphatic heterocycles.